The molecule has 0 saturated heterocycles. The second-order valence-electron chi connectivity index (χ2n) is 3.31. The summed E-state index contributed by atoms with van der Waals surface area (Å²) in [5.41, 5.74) is 2.47. The van der Waals surface area contributed by atoms with Gasteiger partial charge in [0.15, 0.2) is 0 Å². The molecule has 3 nitrogen and oxygen atoms in total. The number of carbonyl (C=O) groups excluding carboxylic acids is 1. The van der Waals surface area contributed by atoms with E-state index >= 15 is 0 Å². The number of rotatable bonds is 2. The first-order valence-corrected chi connectivity index (χ1v) is 4.33. The van der Waals surface area contributed by atoms with Gasteiger partial charge in [-0.2, -0.15) is 0 Å². The fourth-order valence-electron chi connectivity index (χ4n) is 1.49. The summed E-state index contributed by atoms with van der Waals surface area (Å²) in [7, 11) is 0. The molecule has 14 heavy (non-hydrogen) atoms. The van der Waals surface area contributed by atoms with Crippen LogP contribution in [-0.2, 0) is 11.2 Å². The van der Waals surface area contributed by atoms with Crippen molar-refractivity contribution >= 4 is 16.9 Å². The molecule has 0 aliphatic carbocycles. The van der Waals surface area contributed by atoms with Gasteiger partial charge in [-0.05, 0) is 19.1 Å². The van der Waals surface area contributed by atoms with Crippen LogP contribution in [0, 0.1) is 6.92 Å². The van der Waals surface area contributed by atoms with E-state index in [0.717, 1.165) is 10.9 Å². The van der Waals surface area contributed by atoms with Crippen molar-refractivity contribution in [3.8, 4) is 0 Å². The van der Waals surface area contributed by atoms with Crippen molar-refractivity contribution in [3.63, 3.8) is 0 Å². The average molecular weight is 189 g/mol. The number of aryl methyl sites for hydroxylation is 1. The summed E-state index contributed by atoms with van der Waals surface area (Å²) in [6.07, 6.45) is 1.37. The Morgan fingerprint density at radius 1 is 1.50 bits per heavy atom. The lowest BCUT2D eigenvalue weighted by atomic mass is 10.1. The third-order valence-corrected chi connectivity index (χ3v) is 2.14. The fourth-order valence-corrected chi connectivity index (χ4v) is 1.49. The third kappa shape index (κ3) is 1.48. The maximum Gasteiger partial charge on any atom is 0.134 e. The van der Waals surface area contributed by atoms with Crippen molar-refractivity contribution in [2.45, 2.75) is 13.3 Å². The van der Waals surface area contributed by atoms with Crippen LogP contribution >= 0.6 is 0 Å². The number of fused-ring (bicyclic) bond motifs is 1. The van der Waals surface area contributed by atoms with Crippen molar-refractivity contribution in [2.24, 2.45) is 0 Å². The predicted molar refractivity (Wildman–Crippen MR) is 49.7 cm³/mol. The van der Waals surface area contributed by atoms with E-state index in [2.05, 4.69) is 0 Å². The average Bonchev–Trinajstić information content (AvgIpc) is 2.47. The zero-order valence-corrected chi connectivity index (χ0v) is 7.74. The molecule has 0 aliphatic heterocycles. The molecule has 1 aromatic carbocycles. The maximum atomic E-state index is 10.4. The van der Waals surface area contributed by atoms with Gasteiger partial charge in [-0.15, -0.1) is 0 Å². The number of furan rings is 1. The van der Waals surface area contributed by atoms with Gasteiger partial charge in [0, 0.05) is 23.3 Å². The molecule has 0 saturated carbocycles. The number of hydrogen-bond donors (Lipinski definition) is 0. The van der Waals surface area contributed by atoms with Crippen LogP contribution in [0.5, 0.6) is 0 Å². The maximum absolute atomic E-state index is 10.4. The van der Waals surface area contributed by atoms with E-state index in [-0.39, 0.29) is 6.42 Å². The Labute approximate surface area is 81.0 Å². The Morgan fingerprint density at radius 3 is 3.00 bits per heavy atom. The van der Waals surface area contributed by atoms with E-state index in [9.17, 15) is 9.90 Å². The first kappa shape index (κ1) is 8.81. The fraction of sp³-hybridized carbons (Fsp3) is 0.182. The van der Waals surface area contributed by atoms with Crippen LogP contribution in [-0.4, -0.2) is 5.97 Å². The van der Waals surface area contributed by atoms with Crippen LogP contribution in [0.15, 0.2) is 28.9 Å². The van der Waals surface area contributed by atoms with E-state index in [0.29, 0.717) is 11.1 Å². The second kappa shape index (κ2) is 3.18. The molecule has 0 atom stereocenters. The number of carboxylic acids is 1. The molecule has 0 N–H and O–H groups in total. The highest BCUT2D eigenvalue weighted by Gasteiger charge is 2.05. The van der Waals surface area contributed by atoms with Gasteiger partial charge >= 0.3 is 0 Å². The number of hydrogen-bond acceptors (Lipinski definition) is 3. The van der Waals surface area contributed by atoms with Gasteiger partial charge in [-0.3, -0.25) is 0 Å². The third-order valence-electron chi connectivity index (χ3n) is 2.14. The Kier molecular flexibility index (Phi) is 2.00. The highest BCUT2D eigenvalue weighted by molar-refractivity contribution is 5.85. The molecule has 0 radical (unpaired) electrons. The summed E-state index contributed by atoms with van der Waals surface area (Å²) in [4.78, 5) is 10.4. The molecular formula is C11H9O3-. The van der Waals surface area contributed by atoms with E-state index in [1.807, 2.05) is 25.1 Å². The second-order valence-corrected chi connectivity index (χ2v) is 3.31. The van der Waals surface area contributed by atoms with Gasteiger partial charge in [-0.25, -0.2) is 0 Å². The number of carboxylic acid groups (broad SMARTS) is 1. The standard InChI is InChI=1S/C11H10O3/c1-7-2-3-10-9(4-7)8(6-14-10)5-11(12)13/h2-4,6H,5H2,1H3,(H,12,13)/p-1. The quantitative estimate of drug-likeness (QED) is 0.709. The first-order chi connectivity index (χ1) is 6.66. The van der Waals surface area contributed by atoms with Crippen LogP contribution in [0.4, 0.5) is 0 Å². The molecule has 72 valence electrons. The van der Waals surface area contributed by atoms with E-state index in [4.69, 9.17) is 4.42 Å². The lowest BCUT2D eigenvalue weighted by Gasteiger charge is -1.99. The lowest BCUT2D eigenvalue weighted by Crippen LogP contribution is -2.24. The number of benzene rings is 1. The minimum atomic E-state index is -1.09. The van der Waals surface area contributed by atoms with Gasteiger partial charge in [0.2, 0.25) is 0 Å². The minimum absolute atomic E-state index is 0.101. The molecule has 1 aromatic heterocycles. The van der Waals surface area contributed by atoms with Gasteiger partial charge in [0.1, 0.15) is 5.58 Å². The monoisotopic (exact) mass is 189 g/mol. The molecule has 0 aliphatic rings. The molecule has 3 heteroatoms. The van der Waals surface area contributed by atoms with Crippen molar-refractivity contribution in [1.82, 2.24) is 0 Å². The zero-order chi connectivity index (χ0) is 10.1. The van der Waals surface area contributed by atoms with Gasteiger partial charge in [0.05, 0.1) is 6.26 Å². The Hall–Kier alpha value is -1.77. The molecule has 0 spiro atoms. The minimum Gasteiger partial charge on any atom is -0.550 e. The van der Waals surface area contributed by atoms with Crippen LogP contribution < -0.4 is 5.11 Å². The molecule has 0 fully saturated rings. The summed E-state index contributed by atoms with van der Waals surface area (Å²) < 4.78 is 5.21. The van der Waals surface area contributed by atoms with Crippen molar-refractivity contribution in [3.05, 3.63) is 35.6 Å². The summed E-state index contributed by atoms with van der Waals surface area (Å²) in [5, 5.41) is 11.3. The molecule has 0 bridgehead atoms. The lowest BCUT2D eigenvalue weighted by molar-refractivity contribution is -0.304. The van der Waals surface area contributed by atoms with Gasteiger partial charge in [0.25, 0.3) is 0 Å². The van der Waals surface area contributed by atoms with Crippen LogP contribution in [0.1, 0.15) is 11.1 Å². The smallest absolute Gasteiger partial charge is 0.134 e. The highest BCUT2D eigenvalue weighted by Crippen LogP contribution is 2.22. The first-order valence-electron chi connectivity index (χ1n) is 4.33. The van der Waals surface area contributed by atoms with E-state index < -0.39 is 5.97 Å². The number of aliphatic carboxylic acids is 1. The van der Waals surface area contributed by atoms with Gasteiger partial charge < -0.3 is 14.3 Å². The van der Waals surface area contributed by atoms with Gasteiger partial charge in [-0.1, -0.05) is 11.6 Å². The van der Waals surface area contributed by atoms with Crippen molar-refractivity contribution in [1.29, 1.82) is 0 Å². The number of carbonyl (C=O) groups is 1. The van der Waals surface area contributed by atoms with E-state index in [1.165, 1.54) is 6.26 Å². The molecular weight excluding hydrogens is 180 g/mol. The van der Waals surface area contributed by atoms with Crippen LogP contribution in [0.2, 0.25) is 0 Å². The molecule has 0 unspecified atom stereocenters. The SMILES string of the molecule is Cc1ccc2occ(CC(=O)[O-])c2c1. The largest absolute Gasteiger partial charge is 0.550 e. The Balaban J connectivity index is 2.55. The molecule has 0 amide bonds. The zero-order valence-electron chi connectivity index (χ0n) is 7.74. The summed E-state index contributed by atoms with van der Waals surface area (Å²) in [5.74, 6) is -1.09. The topological polar surface area (TPSA) is 53.3 Å². The normalized spacial score (nSPS) is 10.6. The molecule has 2 rings (SSSR count). The van der Waals surface area contributed by atoms with Crippen LogP contribution in [0.25, 0.3) is 11.0 Å². The Morgan fingerprint density at radius 2 is 2.29 bits per heavy atom. The van der Waals surface area contributed by atoms with E-state index in [1.54, 1.807) is 0 Å². The van der Waals surface area contributed by atoms with Crippen LogP contribution in [0.3, 0.4) is 0 Å². The molecule has 1 heterocycles. The summed E-state index contributed by atoms with van der Waals surface area (Å²) in [6, 6.07) is 5.68. The van der Waals surface area contributed by atoms with Crippen molar-refractivity contribution < 1.29 is 14.3 Å². The van der Waals surface area contributed by atoms with Crippen molar-refractivity contribution in [2.75, 3.05) is 0 Å². The summed E-state index contributed by atoms with van der Waals surface area (Å²) >= 11 is 0. The summed E-state index contributed by atoms with van der Waals surface area (Å²) in [6.45, 7) is 1.95. The Bertz CT molecular complexity index is 482. The highest BCUT2D eigenvalue weighted by atomic mass is 16.4. The molecule has 2 aromatic rings. The predicted octanol–water partition coefficient (Wildman–Crippen LogP) is 1.03.